The van der Waals surface area contributed by atoms with E-state index in [0.29, 0.717) is 13.0 Å². The lowest BCUT2D eigenvalue weighted by molar-refractivity contribution is -0.0307. The molecule has 0 amide bonds. The van der Waals surface area contributed by atoms with Crippen molar-refractivity contribution in [2.75, 3.05) is 26.3 Å². The molecule has 0 bridgehead atoms. The SMILES string of the molecule is O[C@@H]1CC2(CCOCC2)CNC[C@@H]1O. The van der Waals surface area contributed by atoms with Crippen molar-refractivity contribution in [2.24, 2.45) is 5.41 Å². The first kappa shape index (κ1) is 10.4. The fourth-order valence-corrected chi connectivity index (χ4v) is 2.46. The van der Waals surface area contributed by atoms with Gasteiger partial charge in [0.25, 0.3) is 0 Å². The second kappa shape index (κ2) is 4.14. The van der Waals surface area contributed by atoms with E-state index in [9.17, 15) is 10.2 Å². The van der Waals surface area contributed by atoms with Crippen LogP contribution in [-0.2, 0) is 4.74 Å². The van der Waals surface area contributed by atoms with E-state index in [1.807, 2.05) is 0 Å². The van der Waals surface area contributed by atoms with Gasteiger partial charge >= 0.3 is 0 Å². The van der Waals surface area contributed by atoms with Gasteiger partial charge in [-0.25, -0.2) is 0 Å². The molecule has 1 spiro atoms. The van der Waals surface area contributed by atoms with Gasteiger partial charge in [0.1, 0.15) is 0 Å². The van der Waals surface area contributed by atoms with Crippen molar-refractivity contribution in [2.45, 2.75) is 31.5 Å². The monoisotopic (exact) mass is 201 g/mol. The molecule has 2 fully saturated rings. The van der Waals surface area contributed by atoms with Gasteiger partial charge < -0.3 is 20.3 Å². The summed E-state index contributed by atoms with van der Waals surface area (Å²) in [6.45, 7) is 2.96. The first-order valence-electron chi connectivity index (χ1n) is 5.36. The number of nitrogens with one attached hydrogen (secondary N) is 1. The number of ether oxygens (including phenoxy) is 1. The molecule has 0 aromatic carbocycles. The molecule has 3 N–H and O–H groups in total. The molecule has 2 aliphatic heterocycles. The van der Waals surface area contributed by atoms with E-state index in [0.717, 1.165) is 32.6 Å². The molecule has 14 heavy (non-hydrogen) atoms. The van der Waals surface area contributed by atoms with Crippen molar-refractivity contribution in [3.63, 3.8) is 0 Å². The van der Waals surface area contributed by atoms with Gasteiger partial charge in [-0.2, -0.15) is 0 Å². The lowest BCUT2D eigenvalue weighted by atomic mass is 9.76. The molecule has 2 heterocycles. The minimum Gasteiger partial charge on any atom is -0.390 e. The van der Waals surface area contributed by atoms with Crippen molar-refractivity contribution in [1.29, 1.82) is 0 Å². The van der Waals surface area contributed by atoms with E-state index >= 15 is 0 Å². The zero-order valence-corrected chi connectivity index (χ0v) is 8.41. The van der Waals surface area contributed by atoms with Crippen LogP contribution >= 0.6 is 0 Å². The molecule has 82 valence electrons. The van der Waals surface area contributed by atoms with E-state index < -0.39 is 12.2 Å². The quantitative estimate of drug-likeness (QED) is 0.494. The Labute approximate surface area is 84.3 Å². The first-order valence-corrected chi connectivity index (χ1v) is 5.36. The van der Waals surface area contributed by atoms with Gasteiger partial charge in [-0.3, -0.25) is 0 Å². The van der Waals surface area contributed by atoms with Crippen LogP contribution in [0.15, 0.2) is 0 Å². The third-order valence-electron chi connectivity index (χ3n) is 3.49. The van der Waals surface area contributed by atoms with Gasteiger partial charge in [0.2, 0.25) is 0 Å². The first-order chi connectivity index (χ1) is 6.72. The molecule has 0 radical (unpaired) electrons. The predicted molar refractivity (Wildman–Crippen MR) is 52.0 cm³/mol. The Bertz CT molecular complexity index is 192. The maximum Gasteiger partial charge on any atom is 0.0923 e. The number of aliphatic hydroxyl groups is 2. The van der Waals surface area contributed by atoms with Crippen LogP contribution in [0, 0.1) is 5.41 Å². The zero-order valence-electron chi connectivity index (χ0n) is 8.41. The Balaban J connectivity index is 2.03. The second-order valence-corrected chi connectivity index (χ2v) is 4.58. The lowest BCUT2D eigenvalue weighted by Gasteiger charge is -2.37. The molecular formula is C10H19NO3. The number of aliphatic hydroxyl groups excluding tert-OH is 2. The molecule has 2 atom stereocenters. The fourth-order valence-electron chi connectivity index (χ4n) is 2.46. The van der Waals surface area contributed by atoms with E-state index in [-0.39, 0.29) is 5.41 Å². The third-order valence-corrected chi connectivity index (χ3v) is 3.49. The van der Waals surface area contributed by atoms with Gasteiger partial charge in [-0.05, 0) is 24.7 Å². The minimum absolute atomic E-state index is 0.148. The van der Waals surface area contributed by atoms with Crippen LogP contribution in [0.5, 0.6) is 0 Å². The lowest BCUT2D eigenvalue weighted by Crippen LogP contribution is -2.38. The third kappa shape index (κ3) is 2.08. The molecule has 0 saturated carbocycles. The maximum atomic E-state index is 9.74. The molecule has 0 aliphatic carbocycles. The molecular weight excluding hydrogens is 182 g/mol. The van der Waals surface area contributed by atoms with Crippen molar-refractivity contribution in [3.8, 4) is 0 Å². The highest BCUT2D eigenvalue weighted by atomic mass is 16.5. The summed E-state index contributed by atoms with van der Waals surface area (Å²) in [6, 6.07) is 0. The van der Waals surface area contributed by atoms with Crippen molar-refractivity contribution < 1.29 is 14.9 Å². The molecule has 0 unspecified atom stereocenters. The molecule has 0 aromatic heterocycles. The Hall–Kier alpha value is -0.160. The highest BCUT2D eigenvalue weighted by Gasteiger charge is 2.38. The summed E-state index contributed by atoms with van der Waals surface area (Å²) >= 11 is 0. The van der Waals surface area contributed by atoms with E-state index in [1.54, 1.807) is 0 Å². The van der Waals surface area contributed by atoms with Crippen LogP contribution in [-0.4, -0.2) is 48.7 Å². The Morgan fingerprint density at radius 3 is 2.57 bits per heavy atom. The number of hydrogen-bond acceptors (Lipinski definition) is 4. The van der Waals surface area contributed by atoms with Crippen molar-refractivity contribution in [3.05, 3.63) is 0 Å². The van der Waals surface area contributed by atoms with Crippen LogP contribution in [0.4, 0.5) is 0 Å². The highest BCUT2D eigenvalue weighted by Crippen LogP contribution is 2.36. The van der Waals surface area contributed by atoms with Gasteiger partial charge in [0.05, 0.1) is 12.2 Å². The summed E-state index contributed by atoms with van der Waals surface area (Å²) in [7, 11) is 0. The van der Waals surface area contributed by atoms with Gasteiger partial charge in [-0.1, -0.05) is 0 Å². The van der Waals surface area contributed by atoms with Gasteiger partial charge in [0.15, 0.2) is 0 Å². The van der Waals surface area contributed by atoms with Crippen LogP contribution in [0.3, 0.4) is 0 Å². The fraction of sp³-hybridized carbons (Fsp3) is 1.00. The standard InChI is InChI=1S/C10H19NO3/c12-8-5-10(1-3-14-4-2-10)7-11-6-9(8)13/h8-9,11-13H,1-7H2/t8-,9+/m1/s1. The zero-order chi connectivity index (χ0) is 10.0. The normalized spacial score (nSPS) is 38.1. The van der Waals surface area contributed by atoms with Crippen molar-refractivity contribution in [1.82, 2.24) is 5.32 Å². The molecule has 2 saturated heterocycles. The highest BCUT2D eigenvalue weighted by molar-refractivity contribution is 4.91. The van der Waals surface area contributed by atoms with E-state index in [1.165, 1.54) is 0 Å². The largest absolute Gasteiger partial charge is 0.390 e. The molecule has 4 heteroatoms. The number of rotatable bonds is 0. The maximum absolute atomic E-state index is 9.74. The average molecular weight is 201 g/mol. The Morgan fingerprint density at radius 1 is 1.14 bits per heavy atom. The molecule has 2 rings (SSSR count). The molecule has 0 aromatic rings. The van der Waals surface area contributed by atoms with Crippen LogP contribution in [0.1, 0.15) is 19.3 Å². The summed E-state index contributed by atoms with van der Waals surface area (Å²) in [5, 5.41) is 22.5. The number of β-amino-alcohol motifs (C(OH)–C–C–N with tert-alkyl or cyclic N) is 1. The number of hydrogen-bond donors (Lipinski definition) is 3. The summed E-state index contributed by atoms with van der Waals surface area (Å²) in [6.07, 6.45) is 1.48. The summed E-state index contributed by atoms with van der Waals surface area (Å²) in [4.78, 5) is 0. The topological polar surface area (TPSA) is 61.7 Å². The van der Waals surface area contributed by atoms with Crippen LogP contribution in [0.25, 0.3) is 0 Å². The molecule has 2 aliphatic rings. The van der Waals surface area contributed by atoms with Crippen LogP contribution in [0.2, 0.25) is 0 Å². The minimum atomic E-state index is -0.614. The van der Waals surface area contributed by atoms with E-state index in [4.69, 9.17) is 4.74 Å². The predicted octanol–water partition coefficient (Wildman–Crippen LogP) is -0.502. The Morgan fingerprint density at radius 2 is 1.86 bits per heavy atom. The van der Waals surface area contributed by atoms with Gasteiger partial charge in [0, 0.05) is 26.3 Å². The average Bonchev–Trinajstić information content (AvgIpc) is 2.30. The summed E-state index contributed by atoms with van der Waals surface area (Å²) in [5.41, 5.74) is 0.148. The molecule has 4 nitrogen and oxygen atoms in total. The van der Waals surface area contributed by atoms with E-state index in [2.05, 4.69) is 5.32 Å². The van der Waals surface area contributed by atoms with Crippen molar-refractivity contribution >= 4 is 0 Å². The smallest absolute Gasteiger partial charge is 0.0923 e. The second-order valence-electron chi connectivity index (χ2n) is 4.58. The van der Waals surface area contributed by atoms with Gasteiger partial charge in [-0.15, -0.1) is 0 Å². The summed E-state index contributed by atoms with van der Waals surface area (Å²) < 4.78 is 5.33. The summed E-state index contributed by atoms with van der Waals surface area (Å²) in [5.74, 6) is 0. The van der Waals surface area contributed by atoms with Crippen LogP contribution < -0.4 is 5.32 Å². The Kier molecular flexibility index (Phi) is 3.07.